The average Bonchev–Trinajstić information content (AvgIpc) is 2.71. The van der Waals surface area contributed by atoms with Gasteiger partial charge in [-0.2, -0.15) is 0 Å². The van der Waals surface area contributed by atoms with Crippen LogP contribution in [0.25, 0.3) is 11.1 Å². The summed E-state index contributed by atoms with van der Waals surface area (Å²) in [6.45, 7) is 11.0. The fraction of sp³-hybridized carbons (Fsp3) is 0.520. The van der Waals surface area contributed by atoms with Crippen LogP contribution >= 0.6 is 0 Å². The average molecular weight is 429 g/mol. The summed E-state index contributed by atoms with van der Waals surface area (Å²) >= 11 is 0. The number of hydrogen-bond donors (Lipinski definition) is 1. The lowest BCUT2D eigenvalue weighted by atomic mass is 9.85. The van der Waals surface area contributed by atoms with E-state index in [1.165, 1.54) is 24.0 Å². The topological polar surface area (TPSA) is 63.4 Å². The van der Waals surface area contributed by atoms with Crippen molar-refractivity contribution in [2.24, 2.45) is 5.14 Å². The minimum atomic E-state index is -3.78. The van der Waals surface area contributed by atoms with Crippen LogP contribution in [0.4, 0.5) is 0 Å². The highest BCUT2D eigenvalue weighted by atomic mass is 32.2. The molecule has 0 bridgehead atoms. The summed E-state index contributed by atoms with van der Waals surface area (Å²) < 4.78 is 24.4. The molecule has 1 aliphatic rings. The zero-order valence-electron chi connectivity index (χ0n) is 18.8. The minimum absolute atomic E-state index is 0.206. The summed E-state index contributed by atoms with van der Waals surface area (Å²) in [6.07, 6.45) is 5.64. The predicted molar refractivity (Wildman–Crippen MR) is 125 cm³/mol. The number of aryl methyl sites for hydroxylation is 1. The third-order valence-electron chi connectivity index (χ3n) is 6.23. The largest absolute Gasteiger partial charge is 0.300 e. The van der Waals surface area contributed by atoms with E-state index in [-0.39, 0.29) is 4.90 Å². The lowest BCUT2D eigenvalue weighted by molar-refractivity contribution is 0.180. The maximum Gasteiger partial charge on any atom is 0.238 e. The Kier molecular flexibility index (Phi) is 7.38. The van der Waals surface area contributed by atoms with Gasteiger partial charge in [0.05, 0.1) is 4.90 Å². The Labute approximate surface area is 182 Å². The van der Waals surface area contributed by atoms with Gasteiger partial charge in [-0.3, -0.25) is 0 Å². The van der Waals surface area contributed by atoms with E-state index < -0.39 is 10.0 Å². The SMILES string of the molecule is CCCN(CCC)[C@H]1CCc2cc(-c3cc(C(C)C)ccc3S(N)(=O)=O)ccc2C1. The molecule has 4 nitrogen and oxygen atoms in total. The van der Waals surface area contributed by atoms with Crippen molar-refractivity contribution in [1.29, 1.82) is 0 Å². The molecule has 2 aromatic carbocycles. The zero-order chi connectivity index (χ0) is 21.9. The van der Waals surface area contributed by atoms with E-state index in [4.69, 9.17) is 5.14 Å². The second-order valence-corrected chi connectivity index (χ2v) is 10.4. The molecule has 2 N–H and O–H groups in total. The van der Waals surface area contributed by atoms with Gasteiger partial charge in [0.1, 0.15) is 0 Å². The number of nitrogens with zero attached hydrogens (tertiary/aromatic N) is 1. The Morgan fingerprint density at radius 3 is 2.33 bits per heavy atom. The van der Waals surface area contributed by atoms with Gasteiger partial charge in [-0.25, -0.2) is 13.6 Å². The van der Waals surface area contributed by atoms with Crippen LogP contribution in [-0.4, -0.2) is 32.4 Å². The number of hydrogen-bond acceptors (Lipinski definition) is 3. The lowest BCUT2D eigenvalue weighted by Crippen LogP contribution is -2.40. The van der Waals surface area contributed by atoms with Crippen LogP contribution in [0.2, 0.25) is 0 Å². The number of sulfonamides is 1. The number of primary sulfonamides is 1. The molecule has 0 saturated heterocycles. The lowest BCUT2D eigenvalue weighted by Gasteiger charge is -2.35. The molecular formula is C25H36N2O2S. The van der Waals surface area contributed by atoms with Gasteiger partial charge in [0.2, 0.25) is 10.0 Å². The quantitative estimate of drug-likeness (QED) is 0.636. The van der Waals surface area contributed by atoms with E-state index in [2.05, 4.69) is 50.8 Å². The van der Waals surface area contributed by atoms with Crippen LogP contribution in [0.15, 0.2) is 41.3 Å². The number of nitrogens with two attached hydrogens (primary N) is 1. The molecule has 0 radical (unpaired) electrons. The molecule has 0 unspecified atom stereocenters. The first-order chi connectivity index (χ1) is 14.2. The van der Waals surface area contributed by atoms with Crippen molar-refractivity contribution in [3.8, 4) is 11.1 Å². The molecule has 2 aromatic rings. The summed E-state index contributed by atoms with van der Waals surface area (Å²) in [7, 11) is -3.78. The fourth-order valence-electron chi connectivity index (χ4n) is 4.65. The van der Waals surface area contributed by atoms with Crippen molar-refractivity contribution in [2.45, 2.75) is 76.7 Å². The van der Waals surface area contributed by atoms with Gasteiger partial charge in [-0.1, -0.05) is 52.0 Å². The zero-order valence-corrected chi connectivity index (χ0v) is 19.6. The van der Waals surface area contributed by atoms with E-state index in [0.29, 0.717) is 17.5 Å². The molecule has 0 amide bonds. The van der Waals surface area contributed by atoms with Crippen molar-refractivity contribution >= 4 is 10.0 Å². The van der Waals surface area contributed by atoms with E-state index in [1.54, 1.807) is 6.07 Å². The summed E-state index contributed by atoms with van der Waals surface area (Å²) in [5.41, 5.74) is 5.51. The molecule has 0 heterocycles. The fourth-order valence-corrected chi connectivity index (χ4v) is 5.39. The second kappa shape index (κ2) is 9.63. The molecule has 3 rings (SSSR count). The van der Waals surface area contributed by atoms with Crippen molar-refractivity contribution in [2.75, 3.05) is 13.1 Å². The Morgan fingerprint density at radius 2 is 1.73 bits per heavy atom. The van der Waals surface area contributed by atoms with E-state index >= 15 is 0 Å². The smallest absolute Gasteiger partial charge is 0.238 e. The maximum absolute atomic E-state index is 12.2. The van der Waals surface area contributed by atoms with E-state index in [9.17, 15) is 8.42 Å². The highest BCUT2D eigenvalue weighted by Gasteiger charge is 2.24. The molecule has 0 spiro atoms. The summed E-state index contributed by atoms with van der Waals surface area (Å²) in [5, 5.41) is 5.53. The van der Waals surface area contributed by atoms with Crippen LogP contribution in [-0.2, 0) is 22.9 Å². The Bertz CT molecular complexity index is 977. The normalized spacial score (nSPS) is 16.8. The summed E-state index contributed by atoms with van der Waals surface area (Å²) in [4.78, 5) is 2.85. The van der Waals surface area contributed by atoms with E-state index in [0.717, 1.165) is 43.5 Å². The van der Waals surface area contributed by atoms with Crippen LogP contribution in [0.3, 0.4) is 0 Å². The van der Waals surface area contributed by atoms with Crippen molar-refractivity contribution in [3.05, 3.63) is 53.1 Å². The Balaban J connectivity index is 1.96. The monoisotopic (exact) mass is 428 g/mol. The van der Waals surface area contributed by atoms with Gasteiger partial charge in [-0.05, 0) is 85.5 Å². The van der Waals surface area contributed by atoms with E-state index in [1.807, 2.05) is 12.1 Å². The molecule has 1 atom stereocenters. The van der Waals surface area contributed by atoms with Gasteiger partial charge >= 0.3 is 0 Å². The van der Waals surface area contributed by atoms with Crippen molar-refractivity contribution in [3.63, 3.8) is 0 Å². The molecule has 0 aliphatic heterocycles. The Morgan fingerprint density at radius 1 is 1.03 bits per heavy atom. The second-order valence-electron chi connectivity index (χ2n) is 8.87. The third-order valence-corrected chi connectivity index (χ3v) is 7.20. The molecule has 0 fully saturated rings. The van der Waals surface area contributed by atoms with Gasteiger partial charge in [0.15, 0.2) is 0 Å². The maximum atomic E-state index is 12.2. The molecule has 1 aliphatic carbocycles. The van der Waals surface area contributed by atoms with Gasteiger partial charge in [-0.15, -0.1) is 0 Å². The number of rotatable bonds is 8. The third kappa shape index (κ3) is 5.13. The van der Waals surface area contributed by atoms with Gasteiger partial charge < -0.3 is 4.90 Å². The first-order valence-corrected chi connectivity index (χ1v) is 12.8. The molecule has 164 valence electrons. The molecule has 0 saturated carbocycles. The highest BCUT2D eigenvalue weighted by molar-refractivity contribution is 7.89. The first-order valence-electron chi connectivity index (χ1n) is 11.3. The first kappa shape index (κ1) is 23.0. The predicted octanol–water partition coefficient (Wildman–Crippen LogP) is 5.10. The molecule has 0 aromatic heterocycles. The molecule has 5 heteroatoms. The standard InChI is InChI=1S/C25H36N2O2S/c1-5-13-27(14-6-2)23-11-9-20-15-22(8-7-21(20)16-23)24-17-19(18(3)4)10-12-25(24)30(26,28)29/h7-8,10,12,15,17-18,23H,5-6,9,11,13-14,16H2,1-4H3,(H2,26,28,29)/t23-/m0/s1. The number of benzene rings is 2. The number of fused-ring (bicyclic) bond motifs is 1. The molecular weight excluding hydrogens is 392 g/mol. The van der Waals surface area contributed by atoms with Crippen molar-refractivity contribution < 1.29 is 8.42 Å². The van der Waals surface area contributed by atoms with Crippen LogP contribution in [0, 0.1) is 0 Å². The van der Waals surface area contributed by atoms with Crippen LogP contribution < -0.4 is 5.14 Å². The van der Waals surface area contributed by atoms with Gasteiger partial charge in [0.25, 0.3) is 0 Å². The van der Waals surface area contributed by atoms with Crippen molar-refractivity contribution in [1.82, 2.24) is 4.90 Å². The minimum Gasteiger partial charge on any atom is -0.300 e. The molecule has 30 heavy (non-hydrogen) atoms. The summed E-state index contributed by atoms with van der Waals surface area (Å²) in [5.74, 6) is 0.319. The van der Waals surface area contributed by atoms with Gasteiger partial charge in [0, 0.05) is 11.6 Å². The summed E-state index contributed by atoms with van der Waals surface area (Å²) in [6, 6.07) is 12.6. The van der Waals surface area contributed by atoms with Crippen LogP contribution in [0.1, 0.15) is 69.6 Å². The van der Waals surface area contributed by atoms with Crippen LogP contribution in [0.5, 0.6) is 0 Å². The Hall–Kier alpha value is -1.69. The highest BCUT2D eigenvalue weighted by Crippen LogP contribution is 2.34.